The molecule has 70 valence electrons. The van der Waals surface area contributed by atoms with Crippen molar-refractivity contribution in [2.75, 3.05) is 13.7 Å². The predicted octanol–water partition coefficient (Wildman–Crippen LogP) is 1.50. The van der Waals surface area contributed by atoms with Crippen molar-refractivity contribution in [2.24, 2.45) is 10.2 Å². The van der Waals surface area contributed by atoms with E-state index in [2.05, 4.69) is 10.2 Å². The Morgan fingerprint density at radius 1 is 1.33 bits per heavy atom. The molecule has 1 heterocycles. The molecule has 0 aromatic heterocycles. The Kier molecular flexibility index (Phi) is 2.46. The molecule has 1 aliphatic heterocycles. The molecule has 0 saturated heterocycles. The molecule has 0 N–H and O–H groups in total. The molecule has 0 aromatic carbocycles. The minimum Gasteiger partial charge on any atom is -0.310 e. The third-order valence-electron chi connectivity index (χ3n) is 1.38. The van der Waals surface area contributed by atoms with E-state index >= 15 is 0 Å². The summed E-state index contributed by atoms with van der Waals surface area (Å²) in [6, 6.07) is 0. The van der Waals surface area contributed by atoms with Gasteiger partial charge < -0.3 is 9.47 Å². The largest absolute Gasteiger partial charge is 0.414 e. The standard InChI is InChI=1S/C7H14N2O3/c1-5-11-7(10-4)9-8-6(2,3)12-7/h5H2,1-4H3/t7-/m1/s1. The van der Waals surface area contributed by atoms with Gasteiger partial charge >= 0.3 is 6.10 Å². The monoisotopic (exact) mass is 174 g/mol. The van der Waals surface area contributed by atoms with Gasteiger partial charge in [0.15, 0.2) is 5.72 Å². The third-order valence-corrected chi connectivity index (χ3v) is 1.38. The number of rotatable bonds is 3. The van der Waals surface area contributed by atoms with Crippen LogP contribution in [-0.4, -0.2) is 25.5 Å². The molecule has 0 aliphatic carbocycles. The van der Waals surface area contributed by atoms with Crippen molar-refractivity contribution in [1.82, 2.24) is 0 Å². The molecule has 1 aliphatic rings. The van der Waals surface area contributed by atoms with Gasteiger partial charge in [-0.25, -0.2) is 0 Å². The lowest BCUT2D eigenvalue weighted by molar-refractivity contribution is -0.374. The Hall–Kier alpha value is -0.520. The predicted molar refractivity (Wildman–Crippen MR) is 41.4 cm³/mol. The molecule has 0 fully saturated rings. The molecule has 0 spiro atoms. The number of hydrogen-bond donors (Lipinski definition) is 0. The molecular weight excluding hydrogens is 160 g/mol. The fourth-order valence-electron chi connectivity index (χ4n) is 0.920. The van der Waals surface area contributed by atoms with E-state index in [0.717, 1.165) is 0 Å². The zero-order valence-electron chi connectivity index (χ0n) is 7.83. The van der Waals surface area contributed by atoms with Crippen LogP contribution >= 0.6 is 0 Å². The SMILES string of the molecule is CCO[C@]1(OC)N=NC(C)(C)O1. The maximum atomic E-state index is 5.35. The van der Waals surface area contributed by atoms with Gasteiger partial charge in [0, 0.05) is 7.11 Å². The number of azo groups is 1. The summed E-state index contributed by atoms with van der Waals surface area (Å²) in [6.45, 7) is 5.88. The quantitative estimate of drug-likeness (QED) is 0.609. The fourth-order valence-corrected chi connectivity index (χ4v) is 0.920. The van der Waals surface area contributed by atoms with Crippen LogP contribution in [0.1, 0.15) is 20.8 Å². The average molecular weight is 174 g/mol. The lowest BCUT2D eigenvalue weighted by atomic mass is 10.3. The molecule has 1 rings (SSSR count). The molecule has 1 atom stereocenters. The first kappa shape index (κ1) is 9.57. The van der Waals surface area contributed by atoms with Gasteiger partial charge in [0.25, 0.3) is 0 Å². The second-order valence-electron chi connectivity index (χ2n) is 2.91. The van der Waals surface area contributed by atoms with Gasteiger partial charge in [0.1, 0.15) is 0 Å². The van der Waals surface area contributed by atoms with E-state index in [1.807, 2.05) is 6.92 Å². The normalized spacial score (nSPS) is 32.7. The van der Waals surface area contributed by atoms with Crippen LogP contribution < -0.4 is 0 Å². The van der Waals surface area contributed by atoms with Gasteiger partial charge in [0.2, 0.25) is 0 Å². The number of methoxy groups -OCH3 is 1. The molecular formula is C7H14N2O3. The smallest absolute Gasteiger partial charge is 0.310 e. The van der Waals surface area contributed by atoms with Crippen molar-refractivity contribution >= 4 is 0 Å². The van der Waals surface area contributed by atoms with Crippen molar-refractivity contribution in [2.45, 2.75) is 32.6 Å². The highest BCUT2D eigenvalue weighted by Gasteiger charge is 2.45. The van der Waals surface area contributed by atoms with Crippen LogP contribution in [0.4, 0.5) is 0 Å². The summed E-state index contributed by atoms with van der Waals surface area (Å²) in [4.78, 5) is 0. The van der Waals surface area contributed by atoms with E-state index in [4.69, 9.17) is 14.2 Å². The second-order valence-corrected chi connectivity index (χ2v) is 2.91. The molecule has 0 aromatic rings. The van der Waals surface area contributed by atoms with E-state index in [1.165, 1.54) is 7.11 Å². The Bertz CT molecular complexity index is 193. The van der Waals surface area contributed by atoms with Crippen molar-refractivity contribution in [3.63, 3.8) is 0 Å². The molecule has 0 saturated carbocycles. The number of ether oxygens (including phenoxy) is 3. The Morgan fingerprint density at radius 3 is 2.33 bits per heavy atom. The summed E-state index contributed by atoms with van der Waals surface area (Å²) in [6.07, 6.45) is -1.32. The summed E-state index contributed by atoms with van der Waals surface area (Å²) in [5.41, 5.74) is -0.662. The molecule has 5 nitrogen and oxygen atoms in total. The maximum absolute atomic E-state index is 5.35. The topological polar surface area (TPSA) is 52.4 Å². The Balaban J connectivity index is 2.68. The molecule has 0 amide bonds. The van der Waals surface area contributed by atoms with E-state index in [0.29, 0.717) is 6.61 Å². The minimum atomic E-state index is -1.32. The van der Waals surface area contributed by atoms with Gasteiger partial charge in [-0.1, -0.05) is 5.11 Å². The first-order chi connectivity index (χ1) is 5.54. The summed E-state index contributed by atoms with van der Waals surface area (Å²) >= 11 is 0. The van der Waals surface area contributed by atoms with Crippen LogP contribution in [0, 0.1) is 0 Å². The summed E-state index contributed by atoms with van der Waals surface area (Å²) in [5, 5.41) is 7.65. The lowest BCUT2D eigenvalue weighted by Crippen LogP contribution is -2.37. The average Bonchev–Trinajstić information content (AvgIpc) is 2.29. The molecule has 12 heavy (non-hydrogen) atoms. The Morgan fingerprint density at radius 2 is 2.00 bits per heavy atom. The zero-order valence-corrected chi connectivity index (χ0v) is 7.83. The minimum absolute atomic E-state index is 0.461. The highest BCUT2D eigenvalue weighted by atomic mass is 16.9. The number of hydrogen-bond acceptors (Lipinski definition) is 5. The first-order valence-electron chi connectivity index (χ1n) is 3.87. The third kappa shape index (κ3) is 1.80. The van der Waals surface area contributed by atoms with E-state index in [1.54, 1.807) is 13.8 Å². The maximum Gasteiger partial charge on any atom is 0.414 e. The van der Waals surface area contributed by atoms with E-state index in [-0.39, 0.29) is 0 Å². The molecule has 0 bridgehead atoms. The summed E-state index contributed by atoms with van der Waals surface area (Å²) < 4.78 is 15.5. The molecule has 5 heteroatoms. The second kappa shape index (κ2) is 3.08. The lowest BCUT2D eigenvalue weighted by Gasteiger charge is -2.24. The van der Waals surface area contributed by atoms with Crippen molar-refractivity contribution in [3.05, 3.63) is 0 Å². The van der Waals surface area contributed by atoms with Crippen molar-refractivity contribution in [3.8, 4) is 0 Å². The highest BCUT2D eigenvalue weighted by molar-refractivity contribution is 4.72. The van der Waals surface area contributed by atoms with Gasteiger partial charge in [0.05, 0.1) is 6.61 Å². The van der Waals surface area contributed by atoms with Crippen LogP contribution in [0.15, 0.2) is 10.2 Å². The van der Waals surface area contributed by atoms with Crippen LogP contribution in [0.3, 0.4) is 0 Å². The summed E-state index contributed by atoms with van der Waals surface area (Å²) in [7, 11) is 1.47. The number of nitrogens with zero attached hydrogens (tertiary/aromatic N) is 2. The van der Waals surface area contributed by atoms with E-state index in [9.17, 15) is 0 Å². The van der Waals surface area contributed by atoms with Crippen molar-refractivity contribution < 1.29 is 14.2 Å². The van der Waals surface area contributed by atoms with E-state index < -0.39 is 11.8 Å². The van der Waals surface area contributed by atoms with Gasteiger partial charge in [-0.05, 0) is 20.8 Å². The van der Waals surface area contributed by atoms with Crippen LogP contribution in [0.2, 0.25) is 0 Å². The highest BCUT2D eigenvalue weighted by Crippen LogP contribution is 2.32. The van der Waals surface area contributed by atoms with Crippen LogP contribution in [-0.2, 0) is 14.2 Å². The Labute approximate surface area is 71.7 Å². The zero-order chi connectivity index (χ0) is 9.24. The summed E-state index contributed by atoms with van der Waals surface area (Å²) in [5.74, 6) is 0. The van der Waals surface area contributed by atoms with Gasteiger partial charge in [-0.2, -0.15) is 5.11 Å². The van der Waals surface area contributed by atoms with Crippen molar-refractivity contribution in [1.29, 1.82) is 0 Å². The first-order valence-corrected chi connectivity index (χ1v) is 3.87. The van der Waals surface area contributed by atoms with Gasteiger partial charge in [-0.3, -0.25) is 4.74 Å². The van der Waals surface area contributed by atoms with Crippen LogP contribution in [0.5, 0.6) is 0 Å². The van der Waals surface area contributed by atoms with Gasteiger partial charge in [-0.15, -0.1) is 0 Å². The molecule has 0 radical (unpaired) electrons. The molecule has 0 unspecified atom stereocenters. The van der Waals surface area contributed by atoms with Crippen LogP contribution in [0.25, 0.3) is 0 Å². The fraction of sp³-hybridized carbons (Fsp3) is 1.00.